The highest BCUT2D eigenvalue weighted by Crippen LogP contribution is 2.31. The van der Waals surface area contributed by atoms with E-state index in [9.17, 15) is 10.2 Å². The molecule has 2 nitrogen and oxygen atoms in total. The monoisotopic (exact) mass is 241 g/mol. The second-order valence-corrected chi connectivity index (χ2v) is 4.89. The first-order valence-electron chi connectivity index (χ1n) is 5.95. The van der Waals surface area contributed by atoms with Crippen molar-refractivity contribution in [2.24, 2.45) is 0 Å². The molecule has 0 unspecified atom stereocenters. The first-order chi connectivity index (χ1) is 8.52. The van der Waals surface area contributed by atoms with Crippen LogP contribution in [0.4, 0.5) is 0 Å². The number of benzene rings is 2. The van der Waals surface area contributed by atoms with E-state index < -0.39 is 5.60 Å². The molecule has 2 rings (SSSR count). The van der Waals surface area contributed by atoms with Gasteiger partial charge in [-0.05, 0) is 54.3 Å². The molecule has 2 aromatic carbocycles. The lowest BCUT2D eigenvalue weighted by molar-refractivity contribution is 0.0792. The minimum Gasteiger partial charge on any atom is -0.392 e. The number of aliphatic hydroxyl groups is 2. The zero-order valence-electron chi connectivity index (χ0n) is 10.6. The van der Waals surface area contributed by atoms with E-state index in [1.54, 1.807) is 19.9 Å². The Kier molecular flexibility index (Phi) is 3.50. The van der Waals surface area contributed by atoms with Crippen molar-refractivity contribution in [1.82, 2.24) is 0 Å². The van der Waals surface area contributed by atoms with E-state index >= 15 is 0 Å². The Morgan fingerprint density at radius 1 is 1.22 bits per heavy atom. The predicted molar refractivity (Wildman–Crippen MR) is 71.9 cm³/mol. The molecule has 2 heteroatoms. The highest BCUT2D eigenvalue weighted by Gasteiger charge is 2.20. The van der Waals surface area contributed by atoms with Gasteiger partial charge >= 0.3 is 0 Å². The molecule has 0 aliphatic rings. The van der Waals surface area contributed by atoms with Gasteiger partial charge in [0.25, 0.3) is 0 Å². The van der Waals surface area contributed by atoms with Crippen LogP contribution in [0.1, 0.15) is 25.0 Å². The SMILES string of the molecule is CC(C)(O)c1c[c]ccc1-c1cccc(CO)c1. The number of hydrogen-bond donors (Lipinski definition) is 2. The highest BCUT2D eigenvalue weighted by molar-refractivity contribution is 5.68. The molecule has 0 atom stereocenters. The van der Waals surface area contributed by atoms with Crippen LogP contribution < -0.4 is 0 Å². The van der Waals surface area contributed by atoms with Crippen LogP contribution in [0.5, 0.6) is 0 Å². The summed E-state index contributed by atoms with van der Waals surface area (Å²) in [6.07, 6.45) is 0. The molecule has 0 fully saturated rings. The summed E-state index contributed by atoms with van der Waals surface area (Å²) in [5, 5.41) is 19.4. The Labute approximate surface area is 108 Å². The smallest absolute Gasteiger partial charge is 0.0846 e. The topological polar surface area (TPSA) is 40.5 Å². The van der Waals surface area contributed by atoms with Crippen LogP contribution >= 0.6 is 0 Å². The minimum absolute atomic E-state index is 0.0185. The van der Waals surface area contributed by atoms with Crippen molar-refractivity contribution in [2.75, 3.05) is 0 Å². The summed E-state index contributed by atoms with van der Waals surface area (Å²) in [6.45, 7) is 3.54. The molecule has 0 saturated carbocycles. The van der Waals surface area contributed by atoms with Gasteiger partial charge in [-0.25, -0.2) is 0 Å². The molecule has 2 N–H and O–H groups in total. The Bertz CT molecular complexity index is 539. The van der Waals surface area contributed by atoms with Gasteiger partial charge in [0, 0.05) is 0 Å². The third-order valence-electron chi connectivity index (χ3n) is 2.94. The van der Waals surface area contributed by atoms with Crippen molar-refractivity contribution in [3.05, 3.63) is 59.7 Å². The van der Waals surface area contributed by atoms with E-state index in [-0.39, 0.29) is 6.61 Å². The maximum absolute atomic E-state index is 10.2. The van der Waals surface area contributed by atoms with Crippen LogP contribution in [0.15, 0.2) is 42.5 Å². The Morgan fingerprint density at radius 3 is 2.67 bits per heavy atom. The zero-order valence-corrected chi connectivity index (χ0v) is 10.6. The van der Waals surface area contributed by atoms with Gasteiger partial charge in [-0.2, -0.15) is 0 Å². The van der Waals surface area contributed by atoms with Crippen LogP contribution in [-0.4, -0.2) is 10.2 Å². The third-order valence-corrected chi connectivity index (χ3v) is 2.94. The number of rotatable bonds is 3. The lowest BCUT2D eigenvalue weighted by Gasteiger charge is -2.21. The van der Waals surface area contributed by atoms with Crippen molar-refractivity contribution in [1.29, 1.82) is 0 Å². The minimum atomic E-state index is -0.914. The molecule has 1 radical (unpaired) electrons. The Balaban J connectivity index is 2.57. The van der Waals surface area contributed by atoms with Gasteiger partial charge in [-0.3, -0.25) is 0 Å². The normalized spacial score (nSPS) is 11.6. The number of hydrogen-bond acceptors (Lipinski definition) is 2. The molecular formula is C16H17O2. The molecule has 0 saturated heterocycles. The second-order valence-electron chi connectivity index (χ2n) is 4.89. The van der Waals surface area contributed by atoms with E-state index in [2.05, 4.69) is 6.07 Å². The van der Waals surface area contributed by atoms with Crippen LogP contribution in [-0.2, 0) is 12.2 Å². The summed E-state index contributed by atoms with van der Waals surface area (Å²) in [5.41, 5.74) is 2.74. The van der Waals surface area contributed by atoms with Gasteiger partial charge in [-0.1, -0.05) is 30.3 Å². The average molecular weight is 241 g/mol. The molecule has 0 aliphatic carbocycles. The first kappa shape index (κ1) is 12.8. The van der Waals surface area contributed by atoms with E-state index in [1.807, 2.05) is 36.4 Å². The lowest BCUT2D eigenvalue weighted by Crippen LogP contribution is -2.16. The average Bonchev–Trinajstić information content (AvgIpc) is 2.38. The van der Waals surface area contributed by atoms with E-state index in [4.69, 9.17) is 0 Å². The van der Waals surface area contributed by atoms with Crippen molar-refractivity contribution in [2.45, 2.75) is 26.1 Å². The third kappa shape index (κ3) is 2.61. The molecule has 0 spiro atoms. The second kappa shape index (κ2) is 4.92. The van der Waals surface area contributed by atoms with Crippen LogP contribution in [0.2, 0.25) is 0 Å². The van der Waals surface area contributed by atoms with E-state index in [0.717, 1.165) is 22.3 Å². The molecule has 0 heterocycles. The summed E-state index contributed by atoms with van der Waals surface area (Å²) in [7, 11) is 0. The van der Waals surface area contributed by atoms with Crippen molar-refractivity contribution < 1.29 is 10.2 Å². The first-order valence-corrected chi connectivity index (χ1v) is 5.95. The van der Waals surface area contributed by atoms with Gasteiger partial charge in [0.15, 0.2) is 0 Å². The largest absolute Gasteiger partial charge is 0.392 e. The summed E-state index contributed by atoms with van der Waals surface area (Å²) < 4.78 is 0. The van der Waals surface area contributed by atoms with E-state index in [0.29, 0.717) is 0 Å². The maximum atomic E-state index is 10.2. The van der Waals surface area contributed by atoms with Gasteiger partial charge in [-0.15, -0.1) is 0 Å². The molecular weight excluding hydrogens is 224 g/mol. The molecule has 0 bridgehead atoms. The molecule has 0 amide bonds. The van der Waals surface area contributed by atoms with Gasteiger partial charge in [0.1, 0.15) is 0 Å². The highest BCUT2D eigenvalue weighted by atomic mass is 16.3. The van der Waals surface area contributed by atoms with Gasteiger partial charge < -0.3 is 10.2 Å². The van der Waals surface area contributed by atoms with Crippen LogP contribution in [0, 0.1) is 6.07 Å². The van der Waals surface area contributed by atoms with Gasteiger partial charge in [0.2, 0.25) is 0 Å². The number of aliphatic hydroxyl groups excluding tert-OH is 1. The van der Waals surface area contributed by atoms with Gasteiger partial charge in [0.05, 0.1) is 12.2 Å². The molecule has 2 aromatic rings. The molecule has 0 aromatic heterocycles. The standard InChI is InChI=1S/C16H17O2/c1-16(2,18)15-9-4-3-8-14(15)13-7-5-6-12(10-13)11-17/h3,5-10,17-18H,11H2,1-2H3. The zero-order chi connectivity index (χ0) is 13.2. The predicted octanol–water partition coefficient (Wildman–Crippen LogP) is 2.87. The summed E-state index contributed by atoms with van der Waals surface area (Å²) in [6, 6.07) is 16.3. The molecule has 18 heavy (non-hydrogen) atoms. The van der Waals surface area contributed by atoms with Crippen molar-refractivity contribution >= 4 is 0 Å². The van der Waals surface area contributed by atoms with Crippen molar-refractivity contribution in [3.63, 3.8) is 0 Å². The molecule has 0 aliphatic heterocycles. The quantitative estimate of drug-likeness (QED) is 0.867. The summed E-state index contributed by atoms with van der Waals surface area (Å²) >= 11 is 0. The Morgan fingerprint density at radius 2 is 2.00 bits per heavy atom. The van der Waals surface area contributed by atoms with Crippen molar-refractivity contribution in [3.8, 4) is 11.1 Å². The fourth-order valence-electron chi connectivity index (χ4n) is 2.03. The summed E-state index contributed by atoms with van der Waals surface area (Å²) in [4.78, 5) is 0. The summed E-state index contributed by atoms with van der Waals surface area (Å²) in [5.74, 6) is 0. The lowest BCUT2D eigenvalue weighted by atomic mass is 9.89. The fourth-order valence-corrected chi connectivity index (χ4v) is 2.03. The molecule has 93 valence electrons. The Hall–Kier alpha value is -1.64. The van der Waals surface area contributed by atoms with E-state index in [1.165, 1.54) is 0 Å². The van der Waals surface area contributed by atoms with Crippen LogP contribution in [0.25, 0.3) is 11.1 Å². The maximum Gasteiger partial charge on any atom is 0.0846 e. The fraction of sp³-hybridized carbons (Fsp3) is 0.250. The van der Waals surface area contributed by atoms with Crippen LogP contribution in [0.3, 0.4) is 0 Å².